The molecule has 9 nitrogen and oxygen atoms in total. The molecular formula is C8H11N5O4. The third kappa shape index (κ3) is 1.91. The van der Waals surface area contributed by atoms with Crippen molar-refractivity contribution in [2.45, 2.75) is 12.0 Å². The number of carbonyl (C=O) groups is 1. The summed E-state index contributed by atoms with van der Waals surface area (Å²) in [6.45, 7) is 0.273. The topological polar surface area (TPSA) is 145 Å². The molecule has 0 radical (unpaired) electrons. The van der Waals surface area contributed by atoms with E-state index in [9.17, 15) is 14.4 Å². The Bertz CT molecular complexity index is 564. The van der Waals surface area contributed by atoms with Crippen LogP contribution in [0.3, 0.4) is 0 Å². The standard InChI is InChI=1S/C8H11N5O4/c9-8(6(15)16)1-2-13(3-8)4-5(14)10-7(17)12-11-4/h1-3,9H2,(H,15,16)(H2,10,12,14,17). The number of anilines is 1. The van der Waals surface area contributed by atoms with Crippen LogP contribution in [0.1, 0.15) is 6.42 Å². The lowest BCUT2D eigenvalue weighted by Crippen LogP contribution is -2.50. The van der Waals surface area contributed by atoms with Gasteiger partial charge in [0.1, 0.15) is 5.54 Å². The minimum absolute atomic E-state index is 0.0234. The van der Waals surface area contributed by atoms with E-state index in [1.54, 1.807) is 0 Å². The first-order valence-electron chi connectivity index (χ1n) is 4.89. The number of carboxylic acids is 1. The Balaban J connectivity index is 2.30. The summed E-state index contributed by atoms with van der Waals surface area (Å²) < 4.78 is 0. The predicted octanol–water partition coefficient (Wildman–Crippen LogP) is -2.55. The van der Waals surface area contributed by atoms with E-state index in [0.29, 0.717) is 6.54 Å². The van der Waals surface area contributed by atoms with Crippen LogP contribution in [-0.2, 0) is 4.79 Å². The van der Waals surface area contributed by atoms with Crippen molar-refractivity contribution in [3.63, 3.8) is 0 Å². The van der Waals surface area contributed by atoms with E-state index in [2.05, 4.69) is 10.2 Å². The molecule has 0 spiro atoms. The first-order valence-corrected chi connectivity index (χ1v) is 4.89. The number of nitrogens with zero attached hydrogens (tertiary/aromatic N) is 2. The third-order valence-electron chi connectivity index (χ3n) is 2.72. The lowest BCUT2D eigenvalue weighted by molar-refractivity contribution is -0.142. The molecule has 2 heterocycles. The Morgan fingerprint density at radius 3 is 2.76 bits per heavy atom. The second kappa shape index (κ2) is 3.70. The van der Waals surface area contributed by atoms with Gasteiger partial charge in [-0.05, 0) is 6.42 Å². The number of rotatable bonds is 2. The van der Waals surface area contributed by atoms with E-state index >= 15 is 0 Å². The van der Waals surface area contributed by atoms with Crippen LogP contribution < -0.4 is 21.9 Å². The first kappa shape index (κ1) is 11.3. The van der Waals surface area contributed by atoms with Crippen molar-refractivity contribution >= 4 is 11.8 Å². The third-order valence-corrected chi connectivity index (χ3v) is 2.72. The summed E-state index contributed by atoms with van der Waals surface area (Å²) in [6.07, 6.45) is 0.211. The van der Waals surface area contributed by atoms with Crippen LogP contribution in [0.2, 0.25) is 0 Å². The molecule has 0 bridgehead atoms. The molecule has 1 aliphatic rings. The second-order valence-electron chi connectivity index (χ2n) is 3.96. The van der Waals surface area contributed by atoms with Gasteiger partial charge in [0.15, 0.2) is 0 Å². The molecule has 17 heavy (non-hydrogen) atoms. The molecule has 0 aliphatic carbocycles. The van der Waals surface area contributed by atoms with Crippen molar-refractivity contribution in [1.29, 1.82) is 0 Å². The summed E-state index contributed by atoms with van der Waals surface area (Å²) in [6, 6.07) is 0. The number of H-pyrrole nitrogens is 2. The van der Waals surface area contributed by atoms with E-state index in [1.807, 2.05) is 4.98 Å². The zero-order valence-corrected chi connectivity index (χ0v) is 8.77. The van der Waals surface area contributed by atoms with Crippen LogP contribution in [0.4, 0.5) is 5.82 Å². The number of nitrogens with two attached hydrogens (primary N) is 1. The van der Waals surface area contributed by atoms with E-state index < -0.39 is 22.8 Å². The van der Waals surface area contributed by atoms with Gasteiger partial charge in [0.2, 0.25) is 5.82 Å². The first-order chi connectivity index (χ1) is 7.92. The molecular weight excluding hydrogens is 230 g/mol. The number of carboxylic acid groups (broad SMARTS) is 1. The minimum Gasteiger partial charge on any atom is -0.480 e. The maximum atomic E-state index is 11.4. The average molecular weight is 241 g/mol. The number of aromatic nitrogens is 3. The molecule has 0 saturated carbocycles. The number of hydrogen-bond donors (Lipinski definition) is 4. The Kier molecular flexibility index (Phi) is 2.46. The number of nitrogens with one attached hydrogen (secondary N) is 2. The van der Waals surface area contributed by atoms with Crippen molar-refractivity contribution in [3.05, 3.63) is 20.8 Å². The highest BCUT2D eigenvalue weighted by molar-refractivity contribution is 5.80. The normalized spacial score (nSPS) is 23.9. The molecule has 9 heteroatoms. The Morgan fingerprint density at radius 1 is 1.53 bits per heavy atom. The lowest BCUT2D eigenvalue weighted by Gasteiger charge is -2.19. The molecule has 5 N–H and O–H groups in total. The molecule has 1 unspecified atom stereocenters. The maximum absolute atomic E-state index is 11.4. The minimum atomic E-state index is -1.38. The van der Waals surface area contributed by atoms with Gasteiger partial charge in [-0.3, -0.25) is 14.6 Å². The fourth-order valence-corrected chi connectivity index (χ4v) is 1.74. The van der Waals surface area contributed by atoms with Gasteiger partial charge in [0.05, 0.1) is 0 Å². The number of aliphatic carboxylic acids is 1. The van der Waals surface area contributed by atoms with E-state index in [1.165, 1.54) is 4.90 Å². The highest BCUT2D eigenvalue weighted by Gasteiger charge is 2.42. The lowest BCUT2D eigenvalue weighted by atomic mass is 10.0. The van der Waals surface area contributed by atoms with Gasteiger partial charge in [-0.25, -0.2) is 9.89 Å². The molecule has 92 valence electrons. The Labute approximate surface area is 94.3 Å². The Morgan fingerprint density at radius 2 is 2.24 bits per heavy atom. The van der Waals surface area contributed by atoms with E-state index in [0.717, 1.165) is 0 Å². The van der Waals surface area contributed by atoms with E-state index in [-0.39, 0.29) is 18.8 Å². The molecule has 0 aromatic carbocycles. The van der Waals surface area contributed by atoms with Crippen molar-refractivity contribution in [2.75, 3.05) is 18.0 Å². The van der Waals surface area contributed by atoms with Gasteiger partial charge >= 0.3 is 11.7 Å². The highest BCUT2D eigenvalue weighted by atomic mass is 16.4. The molecule has 0 amide bonds. The van der Waals surface area contributed by atoms with Crippen LogP contribution in [0.15, 0.2) is 9.59 Å². The molecule has 1 aromatic rings. The zero-order valence-electron chi connectivity index (χ0n) is 8.77. The SMILES string of the molecule is NC1(C(=O)O)CCN(c2n[nH]c(=O)[nH]c2=O)C1. The van der Waals surface area contributed by atoms with Crippen LogP contribution in [-0.4, -0.2) is 44.9 Å². The van der Waals surface area contributed by atoms with Crippen LogP contribution in [0.25, 0.3) is 0 Å². The van der Waals surface area contributed by atoms with Crippen LogP contribution in [0.5, 0.6) is 0 Å². The highest BCUT2D eigenvalue weighted by Crippen LogP contribution is 2.21. The van der Waals surface area contributed by atoms with Gasteiger partial charge in [0, 0.05) is 13.1 Å². The molecule has 1 fully saturated rings. The van der Waals surface area contributed by atoms with Crippen molar-refractivity contribution in [3.8, 4) is 0 Å². The van der Waals surface area contributed by atoms with Crippen molar-refractivity contribution in [1.82, 2.24) is 15.2 Å². The van der Waals surface area contributed by atoms with Crippen molar-refractivity contribution in [2.24, 2.45) is 5.73 Å². The molecule has 1 aromatic heterocycles. The second-order valence-corrected chi connectivity index (χ2v) is 3.96. The summed E-state index contributed by atoms with van der Waals surface area (Å²) >= 11 is 0. The Hall–Kier alpha value is -2.16. The maximum Gasteiger partial charge on any atom is 0.342 e. The quantitative estimate of drug-likeness (QED) is 0.446. The average Bonchev–Trinajstić information content (AvgIpc) is 2.62. The van der Waals surface area contributed by atoms with Crippen LogP contribution >= 0.6 is 0 Å². The largest absolute Gasteiger partial charge is 0.480 e. The van der Waals surface area contributed by atoms with E-state index in [4.69, 9.17) is 10.8 Å². The van der Waals surface area contributed by atoms with Crippen molar-refractivity contribution < 1.29 is 9.90 Å². The van der Waals surface area contributed by atoms with Gasteiger partial charge < -0.3 is 15.7 Å². The molecule has 1 aliphatic heterocycles. The summed E-state index contributed by atoms with van der Waals surface area (Å²) in [5.41, 5.74) is 2.90. The molecule has 2 rings (SSSR count). The fourth-order valence-electron chi connectivity index (χ4n) is 1.74. The number of hydrogen-bond acceptors (Lipinski definition) is 6. The van der Waals surface area contributed by atoms with Crippen LogP contribution in [0, 0.1) is 0 Å². The summed E-state index contributed by atoms with van der Waals surface area (Å²) in [5, 5.41) is 14.6. The van der Waals surface area contributed by atoms with Gasteiger partial charge in [0.25, 0.3) is 5.56 Å². The summed E-state index contributed by atoms with van der Waals surface area (Å²) in [7, 11) is 0. The molecule has 1 atom stereocenters. The summed E-state index contributed by atoms with van der Waals surface area (Å²) in [4.78, 5) is 36.6. The zero-order chi connectivity index (χ0) is 12.6. The smallest absolute Gasteiger partial charge is 0.342 e. The monoisotopic (exact) mass is 241 g/mol. The summed E-state index contributed by atoms with van der Waals surface area (Å²) in [5.74, 6) is -1.15. The predicted molar refractivity (Wildman–Crippen MR) is 56.9 cm³/mol. The molecule has 1 saturated heterocycles. The van der Waals surface area contributed by atoms with Gasteiger partial charge in [-0.1, -0.05) is 0 Å². The fraction of sp³-hybridized carbons (Fsp3) is 0.500. The number of aromatic amines is 2. The van der Waals surface area contributed by atoms with Gasteiger partial charge in [-0.15, -0.1) is 5.10 Å². The van der Waals surface area contributed by atoms with Gasteiger partial charge in [-0.2, -0.15) is 0 Å².